The minimum Gasteiger partial charge on any atom is -0.497 e. The van der Waals surface area contributed by atoms with Gasteiger partial charge in [0.25, 0.3) is 5.91 Å². The number of rotatable bonds is 7. The number of fused-ring (bicyclic) bond motifs is 1. The average Bonchev–Trinajstić information content (AvgIpc) is 3.41. The Morgan fingerprint density at radius 2 is 2.10 bits per heavy atom. The Labute approximate surface area is 185 Å². The van der Waals surface area contributed by atoms with E-state index in [0.29, 0.717) is 17.4 Å². The number of benzene rings is 1. The fourth-order valence-electron chi connectivity index (χ4n) is 3.28. The maximum atomic E-state index is 13.3. The van der Waals surface area contributed by atoms with Crippen LogP contribution in [0.3, 0.4) is 0 Å². The maximum Gasteiger partial charge on any atom is 0.280 e. The molecule has 1 aliphatic heterocycles. The molecule has 0 N–H and O–H groups in total. The monoisotopic (exact) mass is 451 g/mol. The van der Waals surface area contributed by atoms with E-state index >= 15 is 0 Å². The van der Waals surface area contributed by atoms with E-state index in [-0.39, 0.29) is 18.3 Å². The van der Waals surface area contributed by atoms with Gasteiger partial charge in [0.15, 0.2) is 10.8 Å². The number of aryl methyl sites for hydroxylation is 1. The number of ether oxygens (including phenoxy) is 2. The third kappa shape index (κ3) is 4.92. The molecule has 1 aromatic carbocycles. The second kappa shape index (κ2) is 10.2. The van der Waals surface area contributed by atoms with Crippen LogP contribution in [0.25, 0.3) is 10.2 Å². The molecule has 162 valence electrons. The van der Waals surface area contributed by atoms with E-state index in [9.17, 15) is 4.79 Å². The quantitative estimate of drug-likeness (QED) is 0.550. The first-order valence-corrected chi connectivity index (χ1v) is 10.6. The van der Waals surface area contributed by atoms with Crippen LogP contribution in [0.4, 0.5) is 5.13 Å². The largest absolute Gasteiger partial charge is 0.497 e. The van der Waals surface area contributed by atoms with Crippen molar-refractivity contribution in [1.82, 2.24) is 19.7 Å². The summed E-state index contributed by atoms with van der Waals surface area (Å²) in [6.07, 6.45) is 1.83. The van der Waals surface area contributed by atoms with Gasteiger partial charge in [0, 0.05) is 45.0 Å². The number of hydrogen-bond acceptors (Lipinski definition) is 7. The molecule has 1 fully saturated rings. The van der Waals surface area contributed by atoms with Crippen molar-refractivity contribution in [2.24, 2.45) is 0 Å². The van der Waals surface area contributed by atoms with Gasteiger partial charge in [0.05, 0.1) is 30.5 Å². The number of morpholine rings is 1. The topological polar surface area (TPSA) is 72.7 Å². The molecule has 2 aromatic heterocycles. The Bertz CT molecular complexity index is 986. The lowest BCUT2D eigenvalue weighted by atomic mass is 10.3. The second-order valence-electron chi connectivity index (χ2n) is 6.80. The van der Waals surface area contributed by atoms with Gasteiger partial charge in [0.2, 0.25) is 0 Å². The molecule has 0 aliphatic carbocycles. The smallest absolute Gasteiger partial charge is 0.280 e. The van der Waals surface area contributed by atoms with Gasteiger partial charge in [-0.3, -0.25) is 19.3 Å². The molecule has 0 atom stereocenters. The summed E-state index contributed by atoms with van der Waals surface area (Å²) in [5.41, 5.74) is 1.26. The van der Waals surface area contributed by atoms with Gasteiger partial charge >= 0.3 is 0 Å². The molecule has 1 aliphatic rings. The molecule has 0 spiro atoms. The van der Waals surface area contributed by atoms with E-state index < -0.39 is 0 Å². The van der Waals surface area contributed by atoms with Crippen LogP contribution in [0.2, 0.25) is 0 Å². The van der Waals surface area contributed by atoms with Gasteiger partial charge in [-0.05, 0) is 25.1 Å². The van der Waals surface area contributed by atoms with Crippen molar-refractivity contribution in [1.29, 1.82) is 0 Å². The van der Waals surface area contributed by atoms with Gasteiger partial charge in [-0.25, -0.2) is 4.98 Å². The van der Waals surface area contributed by atoms with Gasteiger partial charge in [-0.1, -0.05) is 11.3 Å². The number of aromatic nitrogens is 3. The minimum absolute atomic E-state index is 0. The molecule has 0 unspecified atom stereocenters. The molecule has 1 amide bonds. The van der Waals surface area contributed by atoms with Crippen LogP contribution in [0.5, 0.6) is 5.75 Å². The van der Waals surface area contributed by atoms with E-state index in [1.54, 1.807) is 22.8 Å². The van der Waals surface area contributed by atoms with Gasteiger partial charge in [-0.15, -0.1) is 12.4 Å². The van der Waals surface area contributed by atoms with E-state index in [1.807, 2.05) is 31.3 Å². The normalized spacial score (nSPS) is 14.5. The van der Waals surface area contributed by atoms with Crippen molar-refractivity contribution in [3.05, 3.63) is 36.2 Å². The zero-order chi connectivity index (χ0) is 20.2. The number of carbonyl (C=O) groups is 1. The molecule has 0 saturated carbocycles. The summed E-state index contributed by atoms with van der Waals surface area (Å²) in [6.45, 7) is 7.26. The lowest BCUT2D eigenvalue weighted by Crippen LogP contribution is -2.43. The summed E-state index contributed by atoms with van der Waals surface area (Å²) < 4.78 is 13.5. The highest BCUT2D eigenvalue weighted by Gasteiger charge is 2.24. The second-order valence-corrected chi connectivity index (χ2v) is 7.81. The van der Waals surface area contributed by atoms with Crippen LogP contribution in [0.15, 0.2) is 30.5 Å². The number of hydrogen-bond donors (Lipinski definition) is 0. The summed E-state index contributed by atoms with van der Waals surface area (Å²) in [5.74, 6) is 0.624. The van der Waals surface area contributed by atoms with Crippen molar-refractivity contribution in [3.8, 4) is 5.75 Å². The SMILES string of the molecule is CCn1ccc(C(=O)N(CCN2CCOCC2)c2nc3cc(OC)ccc3s2)n1.Cl. The Morgan fingerprint density at radius 1 is 1.30 bits per heavy atom. The molecule has 1 saturated heterocycles. The molecule has 30 heavy (non-hydrogen) atoms. The number of anilines is 1. The first kappa shape index (κ1) is 22.5. The zero-order valence-electron chi connectivity index (χ0n) is 17.1. The minimum atomic E-state index is -0.128. The Balaban J connectivity index is 0.00000256. The highest BCUT2D eigenvalue weighted by atomic mass is 35.5. The fraction of sp³-hybridized carbons (Fsp3) is 0.450. The molecule has 0 bridgehead atoms. The Morgan fingerprint density at radius 3 is 2.80 bits per heavy atom. The first-order chi connectivity index (χ1) is 14.2. The van der Waals surface area contributed by atoms with Crippen molar-refractivity contribution in [2.75, 3.05) is 51.4 Å². The van der Waals surface area contributed by atoms with Crippen molar-refractivity contribution in [3.63, 3.8) is 0 Å². The fourth-order valence-corrected chi connectivity index (χ4v) is 4.25. The van der Waals surface area contributed by atoms with Crippen LogP contribution in [-0.4, -0.2) is 72.1 Å². The summed E-state index contributed by atoms with van der Waals surface area (Å²) in [5, 5.41) is 5.08. The third-order valence-corrected chi connectivity index (χ3v) is 6.05. The van der Waals surface area contributed by atoms with Crippen LogP contribution in [0.1, 0.15) is 17.4 Å². The lowest BCUT2D eigenvalue weighted by Gasteiger charge is -2.29. The molecule has 10 heteroatoms. The number of thiazole rings is 1. The predicted octanol–water partition coefficient (Wildman–Crippen LogP) is 2.92. The van der Waals surface area contributed by atoms with Gasteiger partial charge in [-0.2, -0.15) is 5.10 Å². The molecular formula is C20H26ClN5O3S. The molecule has 3 aromatic rings. The van der Waals surface area contributed by atoms with Gasteiger partial charge < -0.3 is 9.47 Å². The molecule has 0 radical (unpaired) electrons. The average molecular weight is 452 g/mol. The van der Waals surface area contributed by atoms with Gasteiger partial charge in [0.1, 0.15) is 5.75 Å². The molecule has 8 nitrogen and oxygen atoms in total. The summed E-state index contributed by atoms with van der Waals surface area (Å²) in [6, 6.07) is 7.55. The maximum absolute atomic E-state index is 13.3. The Kier molecular flexibility index (Phi) is 7.65. The Hall–Kier alpha value is -2.20. The van der Waals surface area contributed by atoms with Crippen molar-refractivity contribution < 1.29 is 14.3 Å². The summed E-state index contributed by atoms with van der Waals surface area (Å²) in [7, 11) is 1.64. The number of halogens is 1. The van der Waals surface area contributed by atoms with E-state index in [1.165, 1.54) is 11.3 Å². The molecular weight excluding hydrogens is 426 g/mol. The van der Waals surface area contributed by atoms with E-state index in [4.69, 9.17) is 14.5 Å². The van der Waals surface area contributed by atoms with Crippen LogP contribution < -0.4 is 9.64 Å². The summed E-state index contributed by atoms with van der Waals surface area (Å²) in [4.78, 5) is 22.1. The number of nitrogens with zero attached hydrogens (tertiary/aromatic N) is 5. The van der Waals surface area contributed by atoms with E-state index in [2.05, 4.69) is 10.00 Å². The van der Waals surface area contributed by atoms with Crippen LogP contribution >= 0.6 is 23.7 Å². The molecule has 4 rings (SSSR count). The van der Waals surface area contributed by atoms with Crippen LogP contribution in [-0.2, 0) is 11.3 Å². The lowest BCUT2D eigenvalue weighted by molar-refractivity contribution is 0.0391. The first-order valence-electron chi connectivity index (χ1n) is 9.78. The van der Waals surface area contributed by atoms with Crippen LogP contribution in [0, 0.1) is 0 Å². The third-order valence-electron chi connectivity index (χ3n) is 4.99. The molecule has 3 heterocycles. The number of methoxy groups -OCH3 is 1. The number of amides is 1. The number of carbonyl (C=O) groups excluding carboxylic acids is 1. The predicted molar refractivity (Wildman–Crippen MR) is 120 cm³/mol. The summed E-state index contributed by atoms with van der Waals surface area (Å²) >= 11 is 1.51. The highest BCUT2D eigenvalue weighted by Crippen LogP contribution is 2.31. The standard InChI is InChI=1S/C20H25N5O3S.ClH/c1-3-24-7-6-16(22-24)19(26)25(9-8-23-10-12-28-13-11-23)20-21-17-14-15(27-2)4-5-18(17)29-20;/h4-7,14H,3,8-13H2,1-2H3;1H. The van der Waals surface area contributed by atoms with E-state index in [0.717, 1.165) is 55.4 Å². The van der Waals surface area contributed by atoms with Crippen molar-refractivity contribution in [2.45, 2.75) is 13.5 Å². The zero-order valence-corrected chi connectivity index (χ0v) is 18.7. The van der Waals surface area contributed by atoms with Crippen molar-refractivity contribution >= 4 is 45.0 Å². The highest BCUT2D eigenvalue weighted by molar-refractivity contribution is 7.22.